The first-order valence-corrected chi connectivity index (χ1v) is 13.9. The van der Waals surface area contributed by atoms with E-state index < -0.39 is 11.2 Å². The van der Waals surface area contributed by atoms with E-state index in [-0.39, 0.29) is 47.1 Å². The third-order valence-corrected chi connectivity index (χ3v) is 8.87. The molecule has 1 saturated carbocycles. The highest BCUT2D eigenvalue weighted by Crippen LogP contribution is 2.41. The number of nitrogens with zero attached hydrogens (tertiary/aromatic N) is 2. The van der Waals surface area contributed by atoms with Crippen molar-refractivity contribution in [3.63, 3.8) is 0 Å². The first kappa shape index (κ1) is 27.9. The average Bonchev–Trinajstić information content (AvgIpc) is 3.23. The molecule has 0 aromatic rings. The molecule has 0 bridgehead atoms. The molecule has 3 atom stereocenters. The third kappa shape index (κ3) is 7.39. The predicted molar refractivity (Wildman–Crippen MR) is 138 cm³/mol. The number of carboxylic acid groups (broad SMARTS) is 1. The van der Waals surface area contributed by atoms with Crippen LogP contribution in [0.15, 0.2) is 0 Å². The molecule has 0 radical (unpaired) electrons. The van der Waals surface area contributed by atoms with Gasteiger partial charge in [-0.2, -0.15) is 0 Å². The van der Waals surface area contributed by atoms with Crippen molar-refractivity contribution in [3.8, 4) is 11.8 Å². The number of thioether (sulfide) groups is 1. The number of piperidine rings is 1. The normalized spacial score (nSPS) is 29.9. The van der Waals surface area contributed by atoms with Gasteiger partial charge in [0.05, 0.1) is 11.3 Å². The van der Waals surface area contributed by atoms with Crippen molar-refractivity contribution in [2.24, 2.45) is 17.3 Å². The van der Waals surface area contributed by atoms with Gasteiger partial charge >= 0.3 is 5.97 Å². The molecule has 0 aromatic heterocycles. The summed E-state index contributed by atoms with van der Waals surface area (Å²) in [6.45, 7) is 9.55. The van der Waals surface area contributed by atoms with Crippen LogP contribution in [0.25, 0.3) is 0 Å². The zero-order valence-corrected chi connectivity index (χ0v) is 22.7. The second-order valence-corrected chi connectivity index (χ2v) is 12.8. The van der Waals surface area contributed by atoms with Crippen LogP contribution in [-0.4, -0.2) is 82.1 Å². The maximum Gasteiger partial charge on any atom is 0.318 e. The highest BCUT2D eigenvalue weighted by molar-refractivity contribution is 8.01. The predicted octanol–water partition coefficient (Wildman–Crippen LogP) is 3.66. The van der Waals surface area contributed by atoms with Crippen LogP contribution >= 0.6 is 11.8 Å². The number of amides is 2. The van der Waals surface area contributed by atoms with Gasteiger partial charge in [0, 0.05) is 37.6 Å². The summed E-state index contributed by atoms with van der Waals surface area (Å²) in [7, 11) is 1.51. The van der Waals surface area contributed by atoms with Gasteiger partial charge in [-0.25, -0.2) is 0 Å². The van der Waals surface area contributed by atoms with Crippen molar-refractivity contribution in [2.75, 3.05) is 26.8 Å². The number of methoxy groups -OCH3 is 1. The first-order valence-electron chi connectivity index (χ1n) is 13.0. The van der Waals surface area contributed by atoms with E-state index in [4.69, 9.17) is 4.74 Å². The van der Waals surface area contributed by atoms with E-state index in [1.807, 2.05) is 25.7 Å². The van der Waals surface area contributed by atoms with Gasteiger partial charge in [-0.15, -0.1) is 11.8 Å². The fourth-order valence-electron chi connectivity index (χ4n) is 5.48. The number of carbonyl (C=O) groups is 3. The van der Waals surface area contributed by atoms with Crippen molar-refractivity contribution in [2.45, 2.75) is 95.2 Å². The molecule has 35 heavy (non-hydrogen) atoms. The number of ether oxygens (including phenoxy) is 1. The van der Waals surface area contributed by atoms with E-state index in [0.29, 0.717) is 38.3 Å². The quantitative estimate of drug-likeness (QED) is 0.554. The van der Waals surface area contributed by atoms with Crippen LogP contribution in [0.4, 0.5) is 0 Å². The van der Waals surface area contributed by atoms with Gasteiger partial charge in [-0.1, -0.05) is 18.8 Å². The molecule has 1 N–H and O–H groups in total. The van der Waals surface area contributed by atoms with Crippen LogP contribution in [0.5, 0.6) is 0 Å². The van der Waals surface area contributed by atoms with Crippen LogP contribution in [0.3, 0.4) is 0 Å². The van der Waals surface area contributed by atoms with Crippen molar-refractivity contribution >= 4 is 29.5 Å². The largest absolute Gasteiger partial charge is 0.480 e. The fourth-order valence-corrected chi connectivity index (χ4v) is 6.81. The van der Waals surface area contributed by atoms with Gasteiger partial charge < -0.3 is 19.6 Å². The lowest BCUT2D eigenvalue weighted by Gasteiger charge is -2.44. The second-order valence-electron chi connectivity index (χ2n) is 11.5. The zero-order valence-electron chi connectivity index (χ0n) is 21.9. The molecule has 2 amide bonds. The van der Waals surface area contributed by atoms with E-state index in [9.17, 15) is 19.5 Å². The molecule has 8 heteroatoms. The molecule has 1 aliphatic carbocycles. The zero-order chi connectivity index (χ0) is 25.8. The minimum absolute atomic E-state index is 0.0394. The Morgan fingerprint density at radius 2 is 1.71 bits per heavy atom. The molecule has 2 heterocycles. The molecule has 196 valence electrons. The smallest absolute Gasteiger partial charge is 0.318 e. The fraction of sp³-hybridized carbons (Fsp3) is 0.815. The highest BCUT2D eigenvalue weighted by atomic mass is 32.2. The minimum atomic E-state index is -0.872. The second kappa shape index (κ2) is 12.0. The third-order valence-electron chi connectivity index (χ3n) is 7.42. The van der Waals surface area contributed by atoms with Crippen LogP contribution in [0, 0.1) is 29.1 Å². The molecule has 3 rings (SSSR count). The number of hydrogen-bond donors (Lipinski definition) is 1. The number of likely N-dealkylation sites (tertiary alicyclic amines) is 1. The molecule has 0 aromatic carbocycles. The van der Waals surface area contributed by atoms with Gasteiger partial charge in [0.2, 0.25) is 11.8 Å². The summed E-state index contributed by atoms with van der Waals surface area (Å²) in [6, 6.07) is -0.440. The Balaban J connectivity index is 1.84. The Morgan fingerprint density at radius 3 is 2.26 bits per heavy atom. The molecular weight excluding hydrogens is 464 g/mol. The summed E-state index contributed by atoms with van der Waals surface area (Å²) in [5.74, 6) is 6.36. The monoisotopic (exact) mass is 506 g/mol. The lowest BCUT2D eigenvalue weighted by atomic mass is 9.81. The van der Waals surface area contributed by atoms with E-state index in [2.05, 4.69) is 18.8 Å². The Kier molecular flexibility index (Phi) is 9.56. The molecular formula is C27H42N2O5S. The van der Waals surface area contributed by atoms with Crippen molar-refractivity contribution in [3.05, 3.63) is 0 Å². The topological polar surface area (TPSA) is 87.2 Å². The highest BCUT2D eigenvalue weighted by Gasteiger charge is 2.48. The molecule has 7 nitrogen and oxygen atoms in total. The van der Waals surface area contributed by atoms with Crippen molar-refractivity contribution in [1.82, 2.24) is 9.80 Å². The Bertz CT molecular complexity index is 829. The van der Waals surface area contributed by atoms with Crippen LogP contribution in [0.2, 0.25) is 0 Å². The number of rotatable bonds is 6. The van der Waals surface area contributed by atoms with Gasteiger partial charge in [-0.3, -0.25) is 14.4 Å². The van der Waals surface area contributed by atoms with Crippen LogP contribution in [-0.2, 0) is 19.1 Å². The summed E-state index contributed by atoms with van der Waals surface area (Å²) >= 11 is 1.39. The number of carboxylic acids is 1. The van der Waals surface area contributed by atoms with E-state index in [0.717, 1.165) is 25.7 Å². The lowest BCUT2D eigenvalue weighted by Crippen LogP contribution is -2.57. The van der Waals surface area contributed by atoms with Gasteiger partial charge in [0.15, 0.2) is 0 Å². The maximum atomic E-state index is 14.0. The van der Waals surface area contributed by atoms with Gasteiger partial charge in [-0.05, 0) is 71.6 Å². The van der Waals surface area contributed by atoms with Gasteiger partial charge in [0.25, 0.3) is 0 Å². The van der Waals surface area contributed by atoms with E-state index in [1.54, 1.807) is 4.90 Å². The van der Waals surface area contributed by atoms with Crippen molar-refractivity contribution < 1.29 is 24.2 Å². The Labute approximate surface area is 214 Å². The van der Waals surface area contributed by atoms with E-state index >= 15 is 0 Å². The number of hydrogen-bond acceptors (Lipinski definition) is 5. The molecule has 3 fully saturated rings. The number of aliphatic carboxylic acids is 1. The molecule has 2 saturated heterocycles. The molecule has 2 aliphatic heterocycles. The summed E-state index contributed by atoms with van der Waals surface area (Å²) < 4.78 is 5.00. The maximum absolute atomic E-state index is 14.0. The van der Waals surface area contributed by atoms with Crippen LogP contribution < -0.4 is 0 Å². The molecule has 3 unspecified atom stereocenters. The minimum Gasteiger partial charge on any atom is -0.480 e. The SMILES string of the molecule is COCC(=O)N1CCC(N(C(=O)[C@H]2CC[C@@H](C)CC2)C2CC(C#CC(C)(C)C)SC2C(=O)O)CC1. The Hall–Kier alpha value is -1.72. The van der Waals surface area contributed by atoms with Crippen LogP contribution in [0.1, 0.15) is 72.6 Å². The lowest BCUT2D eigenvalue weighted by molar-refractivity contribution is -0.146. The summed E-state index contributed by atoms with van der Waals surface area (Å²) in [4.78, 5) is 42.4. The molecule has 3 aliphatic rings. The summed E-state index contributed by atoms with van der Waals surface area (Å²) in [5.41, 5.74) is -0.159. The number of carbonyl (C=O) groups excluding carboxylic acids is 2. The van der Waals surface area contributed by atoms with E-state index in [1.165, 1.54) is 18.9 Å². The molecule has 0 spiro atoms. The van der Waals surface area contributed by atoms with Gasteiger partial charge in [0.1, 0.15) is 11.9 Å². The van der Waals surface area contributed by atoms with Crippen molar-refractivity contribution in [1.29, 1.82) is 0 Å². The summed E-state index contributed by atoms with van der Waals surface area (Å²) in [5, 5.41) is 9.31. The summed E-state index contributed by atoms with van der Waals surface area (Å²) in [6.07, 6.45) is 5.71. The first-order chi connectivity index (χ1) is 16.5. The standard InChI is InChI=1S/C27H42N2O5S/c1-18-6-8-19(9-7-18)25(31)29(20-11-14-28(15-12-20)23(30)17-34-5)22-16-21(10-13-27(2,3)4)35-24(22)26(32)33/h18-22,24H,6-9,11-12,14-17H2,1-5H3,(H,32,33)/t18-,19+,21?,22?,24?. The Morgan fingerprint density at radius 1 is 1.09 bits per heavy atom. The average molecular weight is 507 g/mol.